The first kappa shape index (κ1) is 17.1. The maximum absolute atomic E-state index is 11.7. The Labute approximate surface area is 110 Å². The highest BCUT2D eigenvalue weighted by Gasteiger charge is 2.20. The van der Waals surface area contributed by atoms with E-state index in [-0.39, 0.29) is 18.4 Å². The summed E-state index contributed by atoms with van der Waals surface area (Å²) in [6, 6.07) is 0.269. The van der Waals surface area contributed by atoms with Gasteiger partial charge in [0.1, 0.15) is 0 Å². The average Bonchev–Trinajstić information content (AvgIpc) is 2.76. The summed E-state index contributed by atoms with van der Waals surface area (Å²) in [6.07, 6.45) is 2.15. The minimum Gasteiger partial charge on any atom is -0.383 e. The van der Waals surface area contributed by atoms with Crippen LogP contribution in [0.3, 0.4) is 0 Å². The predicted molar refractivity (Wildman–Crippen MR) is 69.7 cm³/mol. The van der Waals surface area contributed by atoms with Crippen molar-refractivity contribution in [2.45, 2.75) is 18.9 Å². The largest absolute Gasteiger partial charge is 0.383 e. The van der Waals surface area contributed by atoms with Gasteiger partial charge in [-0.15, -0.1) is 12.4 Å². The Bertz CT molecular complexity index is 294. The fourth-order valence-corrected chi connectivity index (χ4v) is 2.53. The second kappa shape index (κ2) is 8.23. The third-order valence-corrected chi connectivity index (χ3v) is 4.23. The zero-order valence-electron chi connectivity index (χ0n) is 10.3. The van der Waals surface area contributed by atoms with Crippen molar-refractivity contribution in [1.29, 1.82) is 0 Å². The van der Waals surface area contributed by atoms with Crippen molar-refractivity contribution < 1.29 is 13.2 Å². The zero-order chi connectivity index (χ0) is 12.0. The highest BCUT2D eigenvalue weighted by atomic mass is 35.5. The second-order valence-electron chi connectivity index (χ2n) is 3.96. The number of rotatable bonds is 7. The first-order chi connectivity index (χ1) is 7.56. The molecular formula is C9H22ClN3O3S. The van der Waals surface area contributed by atoms with Crippen LogP contribution in [0.25, 0.3) is 0 Å². The van der Waals surface area contributed by atoms with Crippen LogP contribution in [0.15, 0.2) is 0 Å². The van der Waals surface area contributed by atoms with Crippen molar-refractivity contribution in [2.75, 3.05) is 40.4 Å². The van der Waals surface area contributed by atoms with E-state index in [4.69, 9.17) is 4.74 Å². The molecule has 1 atom stereocenters. The third kappa shape index (κ3) is 5.98. The maximum atomic E-state index is 11.7. The molecule has 0 aliphatic carbocycles. The van der Waals surface area contributed by atoms with Gasteiger partial charge >= 0.3 is 0 Å². The van der Waals surface area contributed by atoms with Gasteiger partial charge in [-0.05, 0) is 19.4 Å². The van der Waals surface area contributed by atoms with Crippen molar-refractivity contribution in [3.8, 4) is 0 Å². The summed E-state index contributed by atoms with van der Waals surface area (Å²) >= 11 is 0. The van der Waals surface area contributed by atoms with Crippen molar-refractivity contribution in [3.63, 3.8) is 0 Å². The average molecular weight is 288 g/mol. The molecular weight excluding hydrogens is 266 g/mol. The summed E-state index contributed by atoms with van der Waals surface area (Å²) in [5.74, 6) is 0. The molecule has 0 amide bonds. The van der Waals surface area contributed by atoms with E-state index in [1.165, 1.54) is 4.31 Å². The Morgan fingerprint density at radius 1 is 1.53 bits per heavy atom. The second-order valence-corrected chi connectivity index (χ2v) is 5.82. The van der Waals surface area contributed by atoms with Crippen LogP contribution in [0.1, 0.15) is 12.8 Å². The van der Waals surface area contributed by atoms with Gasteiger partial charge in [-0.25, -0.2) is 4.72 Å². The van der Waals surface area contributed by atoms with Gasteiger partial charge in [0.25, 0.3) is 10.2 Å². The molecule has 0 aromatic rings. The van der Waals surface area contributed by atoms with E-state index < -0.39 is 10.2 Å². The monoisotopic (exact) mass is 287 g/mol. The van der Waals surface area contributed by atoms with Gasteiger partial charge in [0, 0.05) is 33.3 Å². The normalized spacial score (nSPS) is 20.5. The quantitative estimate of drug-likeness (QED) is 0.667. The molecule has 0 spiro atoms. The molecule has 1 unspecified atom stereocenters. The van der Waals surface area contributed by atoms with E-state index in [1.807, 2.05) is 0 Å². The van der Waals surface area contributed by atoms with Crippen LogP contribution in [0.2, 0.25) is 0 Å². The van der Waals surface area contributed by atoms with Crippen molar-refractivity contribution in [1.82, 2.24) is 14.3 Å². The molecule has 1 aliphatic heterocycles. The topological polar surface area (TPSA) is 70.7 Å². The predicted octanol–water partition coefficient (Wildman–Crippen LogP) is -0.427. The standard InChI is InChI=1S/C9H21N3O3S.ClH/c1-12(6-7-15-2)16(13,14)11-8-9-4-3-5-10-9;/h9-11H,3-8H2,1-2H3;1H. The van der Waals surface area contributed by atoms with Crippen LogP contribution in [0.5, 0.6) is 0 Å². The Morgan fingerprint density at radius 3 is 2.76 bits per heavy atom. The number of halogens is 1. The van der Waals surface area contributed by atoms with Gasteiger partial charge < -0.3 is 10.1 Å². The highest BCUT2D eigenvalue weighted by Crippen LogP contribution is 2.04. The number of hydrogen-bond donors (Lipinski definition) is 2. The molecule has 0 radical (unpaired) electrons. The van der Waals surface area contributed by atoms with Gasteiger partial charge in [0.15, 0.2) is 0 Å². The van der Waals surface area contributed by atoms with Crippen LogP contribution >= 0.6 is 12.4 Å². The van der Waals surface area contributed by atoms with Crippen LogP contribution in [0.4, 0.5) is 0 Å². The van der Waals surface area contributed by atoms with E-state index in [2.05, 4.69) is 10.0 Å². The van der Waals surface area contributed by atoms with Gasteiger partial charge in [0.05, 0.1) is 6.61 Å². The Morgan fingerprint density at radius 2 is 2.24 bits per heavy atom. The lowest BCUT2D eigenvalue weighted by atomic mass is 10.2. The molecule has 1 rings (SSSR count). The first-order valence-corrected chi connectivity index (χ1v) is 6.93. The van der Waals surface area contributed by atoms with Crippen LogP contribution in [-0.2, 0) is 14.9 Å². The molecule has 0 aromatic heterocycles. The molecule has 8 heteroatoms. The summed E-state index contributed by atoms with van der Waals surface area (Å²) < 4.78 is 32.1. The number of methoxy groups -OCH3 is 1. The molecule has 0 aromatic carbocycles. The summed E-state index contributed by atoms with van der Waals surface area (Å²) in [4.78, 5) is 0. The molecule has 6 nitrogen and oxygen atoms in total. The Kier molecular flexibility index (Phi) is 8.27. The van der Waals surface area contributed by atoms with E-state index in [0.29, 0.717) is 19.7 Å². The van der Waals surface area contributed by atoms with Gasteiger partial charge in [-0.3, -0.25) is 0 Å². The lowest BCUT2D eigenvalue weighted by Gasteiger charge is -2.19. The van der Waals surface area contributed by atoms with Gasteiger partial charge in [-0.1, -0.05) is 0 Å². The van der Waals surface area contributed by atoms with Crippen LogP contribution < -0.4 is 10.0 Å². The van der Waals surface area contributed by atoms with Crippen molar-refractivity contribution >= 4 is 22.6 Å². The molecule has 1 heterocycles. The van der Waals surface area contributed by atoms with Gasteiger partial charge in [-0.2, -0.15) is 12.7 Å². The van der Waals surface area contributed by atoms with Gasteiger partial charge in [0.2, 0.25) is 0 Å². The van der Waals surface area contributed by atoms with E-state index in [1.54, 1.807) is 14.2 Å². The Balaban J connectivity index is 0.00000256. The van der Waals surface area contributed by atoms with E-state index in [9.17, 15) is 8.42 Å². The minimum atomic E-state index is -3.36. The number of likely N-dealkylation sites (N-methyl/N-ethyl adjacent to an activating group) is 1. The molecule has 2 N–H and O–H groups in total. The summed E-state index contributed by atoms with van der Waals surface area (Å²) in [5, 5.41) is 3.24. The summed E-state index contributed by atoms with van der Waals surface area (Å²) in [5.41, 5.74) is 0. The third-order valence-electron chi connectivity index (χ3n) is 2.70. The smallest absolute Gasteiger partial charge is 0.279 e. The first-order valence-electron chi connectivity index (χ1n) is 5.49. The zero-order valence-corrected chi connectivity index (χ0v) is 11.9. The number of ether oxygens (including phenoxy) is 1. The van der Waals surface area contributed by atoms with Crippen LogP contribution in [-0.4, -0.2) is 59.2 Å². The van der Waals surface area contributed by atoms with Crippen LogP contribution in [0, 0.1) is 0 Å². The Hall–Kier alpha value is 0.0800. The number of hydrogen-bond acceptors (Lipinski definition) is 4. The lowest BCUT2D eigenvalue weighted by molar-refractivity contribution is 0.184. The summed E-state index contributed by atoms with van der Waals surface area (Å²) in [7, 11) is -0.260. The van der Waals surface area contributed by atoms with E-state index >= 15 is 0 Å². The highest BCUT2D eigenvalue weighted by molar-refractivity contribution is 7.87. The fraction of sp³-hybridized carbons (Fsp3) is 1.00. The minimum absolute atomic E-state index is 0. The number of nitrogens with zero attached hydrogens (tertiary/aromatic N) is 1. The van der Waals surface area contributed by atoms with E-state index in [0.717, 1.165) is 19.4 Å². The lowest BCUT2D eigenvalue weighted by Crippen LogP contribution is -2.44. The molecule has 0 bridgehead atoms. The summed E-state index contributed by atoms with van der Waals surface area (Å²) in [6.45, 7) is 2.20. The molecule has 17 heavy (non-hydrogen) atoms. The van der Waals surface area contributed by atoms with Crippen molar-refractivity contribution in [3.05, 3.63) is 0 Å². The SMILES string of the molecule is COCCN(C)S(=O)(=O)NCC1CCCN1.Cl. The molecule has 0 saturated carbocycles. The maximum Gasteiger partial charge on any atom is 0.279 e. The van der Waals surface area contributed by atoms with Crippen molar-refractivity contribution in [2.24, 2.45) is 0 Å². The molecule has 1 fully saturated rings. The molecule has 1 aliphatic rings. The number of nitrogens with one attached hydrogen (secondary N) is 2. The molecule has 1 saturated heterocycles. The fourth-order valence-electron chi connectivity index (χ4n) is 1.59. The molecule has 104 valence electrons.